The number of amides is 1. The standard InChI is InChI=1S/C24H28ClNO5/c1-24(2,3)31-23(28)26-21(16-6-10-18(25)11-7-16)22(27)17-8-12-19(13-9-17)30-20-5-4-14-29-15-20/h6-13,20-21H,4-5,14-15H2,1-3H3,(H,26,28). The van der Waals surface area contributed by atoms with Gasteiger partial charge in [0, 0.05) is 17.2 Å². The van der Waals surface area contributed by atoms with Crippen LogP contribution < -0.4 is 10.1 Å². The van der Waals surface area contributed by atoms with Crippen LogP contribution >= 0.6 is 11.6 Å². The lowest BCUT2D eigenvalue weighted by molar-refractivity contribution is 0.00742. The van der Waals surface area contributed by atoms with Gasteiger partial charge in [0.05, 0.1) is 6.61 Å². The van der Waals surface area contributed by atoms with Gasteiger partial charge in [-0.25, -0.2) is 4.79 Å². The van der Waals surface area contributed by atoms with Gasteiger partial charge in [0.1, 0.15) is 23.5 Å². The van der Waals surface area contributed by atoms with E-state index in [4.69, 9.17) is 25.8 Å². The van der Waals surface area contributed by atoms with E-state index in [0.29, 0.717) is 28.5 Å². The Balaban J connectivity index is 1.76. The van der Waals surface area contributed by atoms with Crippen molar-refractivity contribution in [2.45, 2.75) is 51.4 Å². The summed E-state index contributed by atoms with van der Waals surface area (Å²) in [4.78, 5) is 25.6. The van der Waals surface area contributed by atoms with E-state index in [-0.39, 0.29) is 11.9 Å². The molecule has 1 fully saturated rings. The van der Waals surface area contributed by atoms with Gasteiger partial charge in [0.25, 0.3) is 0 Å². The molecule has 1 aliphatic heterocycles. The smallest absolute Gasteiger partial charge is 0.408 e. The van der Waals surface area contributed by atoms with Gasteiger partial charge >= 0.3 is 6.09 Å². The number of alkyl carbamates (subject to hydrolysis) is 1. The fraction of sp³-hybridized carbons (Fsp3) is 0.417. The Hall–Kier alpha value is -2.57. The van der Waals surface area contributed by atoms with Gasteiger partial charge in [-0.1, -0.05) is 23.7 Å². The highest BCUT2D eigenvalue weighted by atomic mass is 35.5. The van der Waals surface area contributed by atoms with Crippen LogP contribution in [0.1, 0.15) is 55.6 Å². The summed E-state index contributed by atoms with van der Waals surface area (Å²) >= 11 is 5.98. The molecule has 1 saturated heterocycles. The second-order valence-electron chi connectivity index (χ2n) is 8.48. The van der Waals surface area contributed by atoms with Crippen LogP contribution in [0, 0.1) is 0 Å². The van der Waals surface area contributed by atoms with Crippen molar-refractivity contribution in [3.05, 3.63) is 64.7 Å². The zero-order valence-corrected chi connectivity index (χ0v) is 18.8. The predicted octanol–water partition coefficient (Wildman–Crippen LogP) is 5.35. The third-order valence-corrected chi connectivity index (χ3v) is 4.94. The van der Waals surface area contributed by atoms with Crippen LogP contribution in [-0.2, 0) is 9.47 Å². The molecule has 0 aliphatic carbocycles. The molecule has 0 radical (unpaired) electrons. The third kappa shape index (κ3) is 6.97. The largest absolute Gasteiger partial charge is 0.488 e. The first-order valence-corrected chi connectivity index (χ1v) is 10.7. The number of rotatable bonds is 6. The fourth-order valence-corrected chi connectivity index (χ4v) is 3.37. The van der Waals surface area contributed by atoms with Crippen molar-refractivity contribution >= 4 is 23.5 Å². The summed E-state index contributed by atoms with van der Waals surface area (Å²) in [6.07, 6.45) is 1.27. The Labute approximate surface area is 187 Å². The lowest BCUT2D eigenvalue weighted by Gasteiger charge is -2.24. The molecule has 1 N–H and O–H groups in total. The van der Waals surface area contributed by atoms with Crippen LogP contribution in [0.4, 0.5) is 4.79 Å². The minimum atomic E-state index is -0.911. The quantitative estimate of drug-likeness (QED) is 0.607. The predicted molar refractivity (Wildman–Crippen MR) is 119 cm³/mol. The molecule has 166 valence electrons. The number of ether oxygens (including phenoxy) is 3. The zero-order chi connectivity index (χ0) is 22.4. The molecule has 3 rings (SSSR count). The van der Waals surface area contributed by atoms with Crippen molar-refractivity contribution < 1.29 is 23.8 Å². The van der Waals surface area contributed by atoms with Gasteiger partial charge < -0.3 is 19.5 Å². The molecule has 1 amide bonds. The average molecular weight is 446 g/mol. The van der Waals surface area contributed by atoms with Gasteiger partial charge in [0.2, 0.25) is 0 Å². The second-order valence-corrected chi connectivity index (χ2v) is 8.91. The average Bonchev–Trinajstić information content (AvgIpc) is 2.72. The van der Waals surface area contributed by atoms with Crippen LogP contribution in [0.3, 0.4) is 0 Å². The zero-order valence-electron chi connectivity index (χ0n) is 18.0. The summed E-state index contributed by atoms with van der Waals surface area (Å²) in [6, 6.07) is 12.8. The molecule has 0 saturated carbocycles. The fourth-order valence-electron chi connectivity index (χ4n) is 3.24. The van der Waals surface area contributed by atoms with Crippen molar-refractivity contribution in [1.29, 1.82) is 0 Å². The van der Waals surface area contributed by atoms with Crippen LogP contribution in [0.25, 0.3) is 0 Å². The van der Waals surface area contributed by atoms with Gasteiger partial charge in [-0.15, -0.1) is 0 Å². The number of carbonyl (C=O) groups excluding carboxylic acids is 2. The second kappa shape index (κ2) is 10.2. The van der Waals surface area contributed by atoms with Gasteiger partial charge in [0.15, 0.2) is 5.78 Å². The van der Waals surface area contributed by atoms with Gasteiger partial charge in [-0.3, -0.25) is 4.79 Å². The van der Waals surface area contributed by atoms with E-state index in [2.05, 4.69) is 5.32 Å². The lowest BCUT2D eigenvalue weighted by Crippen LogP contribution is -2.38. The summed E-state index contributed by atoms with van der Waals surface area (Å²) in [5, 5.41) is 3.23. The van der Waals surface area contributed by atoms with E-state index < -0.39 is 17.7 Å². The molecule has 1 aliphatic rings. The normalized spacial score (nSPS) is 17.5. The van der Waals surface area contributed by atoms with Crippen LogP contribution in [0.2, 0.25) is 5.02 Å². The summed E-state index contributed by atoms with van der Waals surface area (Å²) < 4.78 is 16.7. The van der Waals surface area contributed by atoms with E-state index in [1.54, 1.807) is 69.3 Å². The van der Waals surface area contributed by atoms with Crippen molar-refractivity contribution in [2.24, 2.45) is 0 Å². The number of Topliss-reactive ketones (excluding diaryl/α,β-unsaturated/α-hetero) is 1. The molecule has 31 heavy (non-hydrogen) atoms. The van der Waals surface area contributed by atoms with Gasteiger partial charge in [-0.2, -0.15) is 0 Å². The summed E-state index contributed by atoms with van der Waals surface area (Å²) in [7, 11) is 0. The third-order valence-electron chi connectivity index (χ3n) is 4.69. The molecule has 2 aromatic carbocycles. The number of hydrogen-bond donors (Lipinski definition) is 1. The summed E-state index contributed by atoms with van der Waals surface area (Å²) in [6.45, 7) is 6.63. The molecule has 2 atom stereocenters. The van der Waals surface area contributed by atoms with Crippen LogP contribution in [0.15, 0.2) is 48.5 Å². The number of carbonyl (C=O) groups is 2. The number of hydrogen-bond acceptors (Lipinski definition) is 5. The van der Waals surface area contributed by atoms with Crippen molar-refractivity contribution in [2.75, 3.05) is 13.2 Å². The number of ketones is 1. The molecule has 0 bridgehead atoms. The van der Waals surface area contributed by atoms with Crippen molar-refractivity contribution in [1.82, 2.24) is 5.32 Å². The maximum absolute atomic E-state index is 13.3. The Morgan fingerprint density at radius 1 is 1.10 bits per heavy atom. The minimum absolute atomic E-state index is 0.0194. The van der Waals surface area contributed by atoms with E-state index in [1.807, 2.05) is 0 Å². The number of benzene rings is 2. The molecular weight excluding hydrogens is 418 g/mol. The van der Waals surface area contributed by atoms with E-state index >= 15 is 0 Å². The Morgan fingerprint density at radius 3 is 2.35 bits per heavy atom. The maximum Gasteiger partial charge on any atom is 0.408 e. The van der Waals surface area contributed by atoms with E-state index in [0.717, 1.165) is 19.4 Å². The van der Waals surface area contributed by atoms with E-state index in [9.17, 15) is 9.59 Å². The molecule has 0 aromatic heterocycles. The van der Waals surface area contributed by atoms with Crippen molar-refractivity contribution in [3.63, 3.8) is 0 Å². The van der Waals surface area contributed by atoms with Gasteiger partial charge in [-0.05, 0) is 75.6 Å². The summed E-state index contributed by atoms with van der Waals surface area (Å²) in [5.74, 6) is 0.413. The highest BCUT2D eigenvalue weighted by Crippen LogP contribution is 2.24. The van der Waals surface area contributed by atoms with Crippen LogP contribution in [0.5, 0.6) is 5.75 Å². The highest BCUT2D eigenvalue weighted by molar-refractivity contribution is 6.30. The van der Waals surface area contributed by atoms with E-state index in [1.165, 1.54) is 0 Å². The van der Waals surface area contributed by atoms with Crippen molar-refractivity contribution in [3.8, 4) is 5.75 Å². The molecule has 2 aromatic rings. The maximum atomic E-state index is 13.3. The molecule has 2 unspecified atom stereocenters. The lowest BCUT2D eigenvalue weighted by atomic mass is 9.97. The Morgan fingerprint density at radius 2 is 1.77 bits per heavy atom. The van der Waals surface area contributed by atoms with Crippen LogP contribution in [-0.4, -0.2) is 36.8 Å². The molecule has 1 heterocycles. The minimum Gasteiger partial charge on any atom is -0.488 e. The molecule has 7 heteroatoms. The Kier molecular flexibility index (Phi) is 7.57. The summed E-state index contributed by atoms with van der Waals surface area (Å²) in [5.41, 5.74) is 0.377. The first-order chi connectivity index (χ1) is 14.7. The topological polar surface area (TPSA) is 73.9 Å². The molecular formula is C24H28ClNO5. The number of halogens is 1. The Bertz CT molecular complexity index is 884. The number of nitrogens with one attached hydrogen (secondary N) is 1. The molecule has 6 nitrogen and oxygen atoms in total. The highest BCUT2D eigenvalue weighted by Gasteiger charge is 2.27. The first kappa shape index (κ1) is 23.1. The SMILES string of the molecule is CC(C)(C)OC(=O)NC(C(=O)c1ccc(OC2CCCOC2)cc1)c1ccc(Cl)cc1. The first-order valence-electron chi connectivity index (χ1n) is 10.3. The molecule has 0 spiro atoms. The monoisotopic (exact) mass is 445 g/mol.